The van der Waals surface area contributed by atoms with Crippen molar-refractivity contribution in [2.75, 3.05) is 13.1 Å². The third kappa shape index (κ3) is 3.67. The molecular weight excluding hydrogens is 236 g/mol. The van der Waals surface area contributed by atoms with E-state index in [1.165, 1.54) is 0 Å². The highest BCUT2D eigenvalue weighted by Crippen LogP contribution is 2.26. The molecule has 19 heavy (non-hydrogen) atoms. The number of pyridine rings is 1. The SMILES string of the molecule is CCCNCC(C)(C)Oc1cccc2cccnc12. The molecule has 0 aliphatic carbocycles. The Morgan fingerprint density at radius 3 is 2.79 bits per heavy atom. The van der Waals surface area contributed by atoms with Crippen LogP contribution in [-0.2, 0) is 0 Å². The van der Waals surface area contributed by atoms with Crippen LogP contribution >= 0.6 is 0 Å². The molecule has 0 aliphatic heterocycles. The summed E-state index contributed by atoms with van der Waals surface area (Å²) in [6.07, 6.45) is 2.93. The molecule has 0 fully saturated rings. The van der Waals surface area contributed by atoms with Crippen LogP contribution in [0.5, 0.6) is 5.75 Å². The molecule has 2 aromatic rings. The fraction of sp³-hybridized carbons (Fsp3) is 0.438. The molecule has 1 heterocycles. The molecule has 102 valence electrons. The smallest absolute Gasteiger partial charge is 0.146 e. The van der Waals surface area contributed by atoms with Crippen molar-refractivity contribution in [3.8, 4) is 5.75 Å². The third-order valence-electron chi connectivity index (χ3n) is 2.96. The van der Waals surface area contributed by atoms with Gasteiger partial charge in [-0.25, -0.2) is 0 Å². The summed E-state index contributed by atoms with van der Waals surface area (Å²) in [5.41, 5.74) is 0.676. The quantitative estimate of drug-likeness (QED) is 0.806. The first-order valence-corrected chi connectivity index (χ1v) is 6.86. The second kappa shape index (κ2) is 6.02. The standard InChI is InChI=1S/C16H22N2O/c1-4-10-17-12-16(2,3)19-14-9-5-7-13-8-6-11-18-15(13)14/h5-9,11,17H,4,10,12H2,1-3H3. The van der Waals surface area contributed by atoms with E-state index < -0.39 is 0 Å². The van der Waals surface area contributed by atoms with Crippen molar-refractivity contribution < 1.29 is 4.74 Å². The Kier molecular flexibility index (Phi) is 4.38. The minimum Gasteiger partial charge on any atom is -0.484 e. The fourth-order valence-corrected chi connectivity index (χ4v) is 2.06. The topological polar surface area (TPSA) is 34.1 Å². The molecule has 1 aromatic carbocycles. The zero-order chi connectivity index (χ0) is 13.7. The largest absolute Gasteiger partial charge is 0.484 e. The Hall–Kier alpha value is -1.61. The van der Waals surface area contributed by atoms with E-state index in [9.17, 15) is 0 Å². The van der Waals surface area contributed by atoms with Gasteiger partial charge in [-0.2, -0.15) is 0 Å². The number of nitrogens with one attached hydrogen (secondary N) is 1. The van der Waals surface area contributed by atoms with E-state index in [4.69, 9.17) is 4.74 Å². The maximum absolute atomic E-state index is 6.14. The highest BCUT2D eigenvalue weighted by molar-refractivity contribution is 5.84. The van der Waals surface area contributed by atoms with Gasteiger partial charge in [0.15, 0.2) is 0 Å². The first-order valence-electron chi connectivity index (χ1n) is 6.86. The van der Waals surface area contributed by atoms with Crippen molar-refractivity contribution in [3.63, 3.8) is 0 Å². The van der Waals surface area contributed by atoms with Crippen LogP contribution in [-0.4, -0.2) is 23.7 Å². The highest BCUT2D eigenvalue weighted by atomic mass is 16.5. The van der Waals surface area contributed by atoms with E-state index in [2.05, 4.69) is 43.2 Å². The van der Waals surface area contributed by atoms with Crippen molar-refractivity contribution >= 4 is 10.9 Å². The molecule has 1 N–H and O–H groups in total. The van der Waals surface area contributed by atoms with Gasteiger partial charge in [0.25, 0.3) is 0 Å². The lowest BCUT2D eigenvalue weighted by molar-refractivity contribution is 0.110. The van der Waals surface area contributed by atoms with Gasteiger partial charge in [0.05, 0.1) is 0 Å². The number of para-hydroxylation sites is 1. The molecule has 3 nitrogen and oxygen atoms in total. The van der Waals surface area contributed by atoms with Crippen LogP contribution in [0, 0.1) is 0 Å². The van der Waals surface area contributed by atoms with Gasteiger partial charge in [0.1, 0.15) is 16.9 Å². The van der Waals surface area contributed by atoms with Crippen LogP contribution in [0.1, 0.15) is 27.2 Å². The molecule has 0 amide bonds. The highest BCUT2D eigenvalue weighted by Gasteiger charge is 2.20. The van der Waals surface area contributed by atoms with Crippen molar-refractivity contribution in [3.05, 3.63) is 36.5 Å². The molecule has 0 spiro atoms. The van der Waals surface area contributed by atoms with Gasteiger partial charge in [-0.05, 0) is 38.9 Å². The number of hydrogen-bond acceptors (Lipinski definition) is 3. The maximum atomic E-state index is 6.14. The molecule has 1 aromatic heterocycles. The summed E-state index contributed by atoms with van der Waals surface area (Å²) in [6, 6.07) is 10.0. The first kappa shape index (κ1) is 13.8. The van der Waals surface area contributed by atoms with Crippen LogP contribution in [0.4, 0.5) is 0 Å². The lowest BCUT2D eigenvalue weighted by atomic mass is 10.1. The monoisotopic (exact) mass is 258 g/mol. The van der Waals surface area contributed by atoms with E-state index in [0.717, 1.165) is 36.2 Å². The number of hydrogen-bond donors (Lipinski definition) is 1. The average Bonchev–Trinajstić information content (AvgIpc) is 2.39. The zero-order valence-corrected chi connectivity index (χ0v) is 11.9. The van der Waals surface area contributed by atoms with Gasteiger partial charge < -0.3 is 10.1 Å². The van der Waals surface area contributed by atoms with E-state index >= 15 is 0 Å². The molecule has 3 heteroatoms. The van der Waals surface area contributed by atoms with Gasteiger partial charge in [0.2, 0.25) is 0 Å². The van der Waals surface area contributed by atoms with Crippen LogP contribution < -0.4 is 10.1 Å². The Bertz CT molecular complexity index is 532. The Labute approximate surface area is 115 Å². The Morgan fingerprint density at radius 1 is 1.21 bits per heavy atom. The molecule has 0 saturated carbocycles. The lowest BCUT2D eigenvalue weighted by Crippen LogP contribution is -2.40. The van der Waals surface area contributed by atoms with Gasteiger partial charge in [-0.15, -0.1) is 0 Å². The van der Waals surface area contributed by atoms with Crippen molar-refractivity contribution in [2.24, 2.45) is 0 Å². The number of rotatable bonds is 6. The normalized spacial score (nSPS) is 11.7. The second-order valence-corrected chi connectivity index (χ2v) is 5.37. The molecule has 0 saturated heterocycles. The number of aromatic nitrogens is 1. The van der Waals surface area contributed by atoms with E-state index in [-0.39, 0.29) is 5.60 Å². The molecule has 0 bridgehead atoms. The Morgan fingerprint density at radius 2 is 2.00 bits per heavy atom. The van der Waals surface area contributed by atoms with Gasteiger partial charge in [0, 0.05) is 18.1 Å². The van der Waals surface area contributed by atoms with Crippen LogP contribution in [0.2, 0.25) is 0 Å². The van der Waals surface area contributed by atoms with E-state index in [0.29, 0.717) is 0 Å². The summed E-state index contributed by atoms with van der Waals surface area (Å²) in [5.74, 6) is 0.849. The predicted molar refractivity (Wildman–Crippen MR) is 79.6 cm³/mol. The molecule has 0 atom stereocenters. The van der Waals surface area contributed by atoms with E-state index in [1.807, 2.05) is 18.2 Å². The summed E-state index contributed by atoms with van der Waals surface area (Å²) in [7, 11) is 0. The first-order chi connectivity index (χ1) is 9.12. The van der Waals surface area contributed by atoms with Crippen LogP contribution in [0.15, 0.2) is 36.5 Å². The second-order valence-electron chi connectivity index (χ2n) is 5.37. The summed E-state index contributed by atoms with van der Waals surface area (Å²) >= 11 is 0. The molecule has 0 aliphatic rings. The van der Waals surface area contributed by atoms with Crippen LogP contribution in [0.25, 0.3) is 10.9 Å². The summed E-state index contributed by atoms with van der Waals surface area (Å²) in [4.78, 5) is 4.42. The van der Waals surface area contributed by atoms with Crippen molar-refractivity contribution in [2.45, 2.75) is 32.8 Å². The molecular formula is C16H22N2O. The summed E-state index contributed by atoms with van der Waals surface area (Å²) < 4.78 is 6.14. The molecule has 2 rings (SSSR count). The lowest BCUT2D eigenvalue weighted by Gasteiger charge is -2.27. The minimum atomic E-state index is -0.249. The summed E-state index contributed by atoms with van der Waals surface area (Å²) in [5, 5.41) is 4.51. The zero-order valence-electron chi connectivity index (χ0n) is 11.9. The summed E-state index contributed by atoms with van der Waals surface area (Å²) in [6.45, 7) is 8.19. The van der Waals surface area contributed by atoms with Crippen molar-refractivity contribution in [1.29, 1.82) is 0 Å². The average molecular weight is 258 g/mol. The van der Waals surface area contributed by atoms with E-state index in [1.54, 1.807) is 6.20 Å². The van der Waals surface area contributed by atoms with Crippen LogP contribution in [0.3, 0.4) is 0 Å². The van der Waals surface area contributed by atoms with Gasteiger partial charge in [-0.3, -0.25) is 4.98 Å². The predicted octanol–water partition coefficient (Wildman–Crippen LogP) is 3.39. The van der Waals surface area contributed by atoms with Gasteiger partial charge in [-0.1, -0.05) is 25.1 Å². The Balaban J connectivity index is 2.16. The maximum Gasteiger partial charge on any atom is 0.146 e. The van der Waals surface area contributed by atoms with Gasteiger partial charge >= 0.3 is 0 Å². The van der Waals surface area contributed by atoms with Crippen molar-refractivity contribution in [1.82, 2.24) is 10.3 Å². The number of benzene rings is 1. The molecule has 0 radical (unpaired) electrons. The fourth-order valence-electron chi connectivity index (χ4n) is 2.06. The number of nitrogens with zero attached hydrogens (tertiary/aromatic N) is 1. The number of ether oxygens (including phenoxy) is 1. The third-order valence-corrected chi connectivity index (χ3v) is 2.96. The molecule has 0 unspecified atom stereocenters. The minimum absolute atomic E-state index is 0.249. The number of fused-ring (bicyclic) bond motifs is 1.